The molecule has 0 unspecified atom stereocenters. The van der Waals surface area contributed by atoms with Gasteiger partial charge in [-0.2, -0.15) is 0 Å². The third-order valence-electron chi connectivity index (χ3n) is 4.18. The average Bonchev–Trinajstić information content (AvgIpc) is 2.98. The van der Waals surface area contributed by atoms with Crippen LogP contribution in [0.25, 0.3) is 22.1 Å². The third-order valence-corrected chi connectivity index (χ3v) is 5.03. The molecule has 0 bridgehead atoms. The molecule has 2 N–H and O–H groups in total. The molecular weight excluding hydrogens is 407 g/mol. The van der Waals surface area contributed by atoms with Crippen LogP contribution in [-0.4, -0.2) is 10.8 Å². The van der Waals surface area contributed by atoms with Crippen LogP contribution in [0, 0.1) is 0 Å². The fourth-order valence-electron chi connectivity index (χ4n) is 2.85. The second kappa shape index (κ2) is 6.89. The zero-order chi connectivity index (χ0) is 19.1. The highest BCUT2D eigenvalue weighted by Gasteiger charge is 2.22. The van der Waals surface area contributed by atoms with Gasteiger partial charge in [0.1, 0.15) is 10.7 Å². The van der Waals surface area contributed by atoms with Crippen molar-refractivity contribution in [3.8, 4) is 11.1 Å². The predicted molar refractivity (Wildman–Crippen MR) is 109 cm³/mol. The number of rotatable bonds is 3. The van der Waals surface area contributed by atoms with Gasteiger partial charge in [0.05, 0.1) is 10.7 Å². The highest BCUT2D eigenvalue weighted by atomic mass is 35.5. The molecular formula is C20H11Cl3N2O2. The fourth-order valence-corrected chi connectivity index (χ4v) is 3.57. The Morgan fingerprint density at radius 1 is 1.04 bits per heavy atom. The molecule has 4 rings (SSSR count). The largest absolute Gasteiger partial charge is 0.450 e. The molecule has 2 aromatic heterocycles. The van der Waals surface area contributed by atoms with E-state index in [9.17, 15) is 4.79 Å². The predicted octanol–water partition coefficient (Wildman–Crippen LogP) is 6.27. The van der Waals surface area contributed by atoms with Gasteiger partial charge in [0.15, 0.2) is 5.76 Å². The summed E-state index contributed by atoms with van der Waals surface area (Å²) in [7, 11) is 0. The first-order valence-electron chi connectivity index (χ1n) is 7.88. The summed E-state index contributed by atoms with van der Waals surface area (Å²) < 4.78 is 5.77. The molecule has 0 atom stereocenters. The Labute approximate surface area is 169 Å². The maximum atomic E-state index is 12.8. The molecule has 27 heavy (non-hydrogen) atoms. The van der Waals surface area contributed by atoms with Crippen molar-refractivity contribution in [1.29, 1.82) is 0 Å². The van der Waals surface area contributed by atoms with Gasteiger partial charge in [-0.25, -0.2) is 4.98 Å². The van der Waals surface area contributed by atoms with Gasteiger partial charge in [-0.15, -0.1) is 0 Å². The van der Waals surface area contributed by atoms with E-state index >= 15 is 0 Å². The van der Waals surface area contributed by atoms with Crippen LogP contribution in [0.4, 0.5) is 5.69 Å². The minimum Gasteiger partial charge on any atom is -0.450 e. The Hall–Kier alpha value is -2.53. The number of fused-ring (bicyclic) bond motifs is 1. The molecule has 2 aromatic carbocycles. The highest BCUT2D eigenvalue weighted by Crippen LogP contribution is 2.35. The van der Waals surface area contributed by atoms with Crippen molar-refractivity contribution in [1.82, 2.24) is 4.98 Å². The normalized spacial score (nSPS) is 11.1. The van der Waals surface area contributed by atoms with Crippen LogP contribution in [0.15, 0.2) is 59.1 Å². The van der Waals surface area contributed by atoms with Crippen molar-refractivity contribution >= 4 is 57.2 Å². The topological polar surface area (TPSA) is 69.1 Å². The van der Waals surface area contributed by atoms with Crippen LogP contribution >= 0.6 is 34.8 Å². The first kappa shape index (κ1) is 17.9. The fraction of sp³-hybridized carbons (Fsp3) is 0. The van der Waals surface area contributed by atoms with Gasteiger partial charge in [0.2, 0.25) is 5.78 Å². The number of nitrogen functional groups attached to an aromatic ring is 1. The quantitative estimate of drug-likeness (QED) is 0.315. The summed E-state index contributed by atoms with van der Waals surface area (Å²) >= 11 is 18.2. The molecule has 0 saturated heterocycles. The number of halogens is 3. The molecule has 7 heteroatoms. The number of ketones is 1. The number of hydrogen-bond acceptors (Lipinski definition) is 4. The smallest absolute Gasteiger partial charge is 0.231 e. The minimum atomic E-state index is -0.411. The Balaban J connectivity index is 1.82. The summed E-state index contributed by atoms with van der Waals surface area (Å²) in [6.45, 7) is 0. The van der Waals surface area contributed by atoms with Crippen LogP contribution in [0.1, 0.15) is 16.1 Å². The lowest BCUT2D eigenvalue weighted by atomic mass is 10.0. The molecule has 0 fully saturated rings. The van der Waals surface area contributed by atoms with Crippen LogP contribution in [0.5, 0.6) is 0 Å². The molecule has 0 aliphatic carbocycles. The third kappa shape index (κ3) is 3.16. The van der Waals surface area contributed by atoms with Crippen LogP contribution in [0.2, 0.25) is 15.2 Å². The van der Waals surface area contributed by atoms with Crippen LogP contribution < -0.4 is 5.73 Å². The molecule has 134 valence electrons. The molecule has 0 radical (unpaired) electrons. The van der Waals surface area contributed by atoms with Crippen molar-refractivity contribution in [3.63, 3.8) is 0 Å². The lowest BCUT2D eigenvalue weighted by molar-refractivity contribution is 0.101. The van der Waals surface area contributed by atoms with Gasteiger partial charge in [-0.1, -0.05) is 40.9 Å². The summed E-state index contributed by atoms with van der Waals surface area (Å²) in [6.07, 6.45) is 1.61. The zero-order valence-corrected chi connectivity index (χ0v) is 15.9. The van der Waals surface area contributed by atoms with Gasteiger partial charge in [-0.3, -0.25) is 4.79 Å². The van der Waals surface area contributed by atoms with Gasteiger partial charge >= 0.3 is 0 Å². The molecule has 0 aliphatic rings. The maximum absolute atomic E-state index is 12.8. The molecule has 0 spiro atoms. The minimum absolute atomic E-state index is 0.0312. The van der Waals surface area contributed by atoms with E-state index in [2.05, 4.69) is 4.98 Å². The molecule has 0 saturated carbocycles. The number of carbonyl (C=O) groups excluding carboxylic acids is 1. The van der Waals surface area contributed by atoms with Crippen molar-refractivity contribution in [2.45, 2.75) is 0 Å². The number of carbonyl (C=O) groups is 1. The summed E-state index contributed by atoms with van der Waals surface area (Å²) in [4.78, 5) is 16.9. The second-order valence-corrected chi connectivity index (χ2v) is 7.05. The Bertz CT molecular complexity index is 1200. The van der Waals surface area contributed by atoms with Crippen LogP contribution in [-0.2, 0) is 0 Å². The van der Waals surface area contributed by atoms with Crippen LogP contribution in [0.3, 0.4) is 0 Å². The maximum Gasteiger partial charge on any atom is 0.231 e. The van der Waals surface area contributed by atoms with E-state index in [1.165, 1.54) is 6.07 Å². The number of anilines is 1. The summed E-state index contributed by atoms with van der Waals surface area (Å²) in [6, 6.07) is 13.7. The van der Waals surface area contributed by atoms with E-state index in [0.717, 1.165) is 11.1 Å². The number of aromatic nitrogens is 1. The van der Waals surface area contributed by atoms with Crippen molar-refractivity contribution < 1.29 is 9.21 Å². The first-order valence-corrected chi connectivity index (χ1v) is 9.02. The first-order chi connectivity index (χ1) is 13.0. The standard InChI is InChI=1S/C20H11Cl3N2O2/c21-11-4-6-13(15(22)9-11)18(26)19-17(24)14-5-3-10(8-16(14)27-19)12-2-1-7-25-20(12)23/h1-9H,24H2. The number of benzene rings is 2. The SMILES string of the molecule is Nc1c(C(=O)c2ccc(Cl)cc2Cl)oc2cc(-c3cccnc3Cl)ccc12. The van der Waals surface area contributed by atoms with E-state index in [0.29, 0.717) is 21.1 Å². The average molecular weight is 418 g/mol. The summed E-state index contributed by atoms with van der Waals surface area (Å²) in [5.41, 5.74) is 8.70. The molecule has 0 aliphatic heterocycles. The molecule has 4 aromatic rings. The number of pyridine rings is 1. The van der Waals surface area contributed by atoms with Gasteiger partial charge in [0.25, 0.3) is 0 Å². The lowest BCUT2D eigenvalue weighted by Crippen LogP contribution is -2.03. The molecule has 0 amide bonds. The second-order valence-electron chi connectivity index (χ2n) is 5.85. The van der Waals surface area contributed by atoms with E-state index in [1.54, 1.807) is 36.5 Å². The Morgan fingerprint density at radius 2 is 1.85 bits per heavy atom. The summed E-state index contributed by atoms with van der Waals surface area (Å²) in [5.74, 6) is -0.380. The number of nitrogens with two attached hydrogens (primary N) is 1. The van der Waals surface area contributed by atoms with E-state index < -0.39 is 5.78 Å². The van der Waals surface area contributed by atoms with Crippen molar-refractivity contribution in [2.75, 3.05) is 5.73 Å². The van der Waals surface area contributed by atoms with Crippen molar-refractivity contribution in [3.05, 3.63) is 81.2 Å². The highest BCUT2D eigenvalue weighted by molar-refractivity contribution is 6.37. The van der Waals surface area contributed by atoms with E-state index in [-0.39, 0.29) is 22.0 Å². The lowest BCUT2D eigenvalue weighted by Gasteiger charge is -2.02. The number of hydrogen-bond donors (Lipinski definition) is 1. The van der Waals surface area contributed by atoms with Gasteiger partial charge < -0.3 is 10.2 Å². The number of nitrogens with zero attached hydrogens (tertiary/aromatic N) is 1. The monoisotopic (exact) mass is 416 g/mol. The molecule has 2 heterocycles. The van der Waals surface area contributed by atoms with E-state index in [1.807, 2.05) is 12.1 Å². The zero-order valence-electron chi connectivity index (χ0n) is 13.7. The van der Waals surface area contributed by atoms with Gasteiger partial charge in [0, 0.05) is 27.7 Å². The van der Waals surface area contributed by atoms with E-state index in [4.69, 9.17) is 45.0 Å². The summed E-state index contributed by atoms with van der Waals surface area (Å²) in [5, 5.41) is 1.68. The Kier molecular flexibility index (Phi) is 4.56. The van der Waals surface area contributed by atoms with Crippen molar-refractivity contribution in [2.24, 2.45) is 0 Å². The number of furan rings is 1. The molecule has 4 nitrogen and oxygen atoms in total. The Morgan fingerprint density at radius 3 is 2.59 bits per heavy atom. The van der Waals surface area contributed by atoms with Gasteiger partial charge in [-0.05, 0) is 48.0 Å².